The summed E-state index contributed by atoms with van der Waals surface area (Å²) in [5, 5.41) is 10.6. The standard InChI is InChI=1S/C27H19ClN4O3/c1-31-22-18(11-7-12-20(22)28)27(25(31)34)26(19(14-29)23(30)35-27)17-10-5-6-13-21(17)32(24(26)33)15-16-8-3-2-4-9-16/h2-13H,15,30H2,1H3/t26-,27-/m0/s1. The van der Waals surface area contributed by atoms with Crippen LogP contribution in [0.25, 0.3) is 0 Å². The number of hydrogen-bond donors (Lipinski definition) is 1. The summed E-state index contributed by atoms with van der Waals surface area (Å²) in [6, 6.07) is 23.9. The second-order valence-electron chi connectivity index (χ2n) is 8.78. The van der Waals surface area contributed by atoms with E-state index < -0.39 is 22.8 Å². The van der Waals surface area contributed by atoms with Crippen molar-refractivity contribution in [1.29, 1.82) is 5.26 Å². The summed E-state index contributed by atoms with van der Waals surface area (Å²) in [4.78, 5) is 31.7. The summed E-state index contributed by atoms with van der Waals surface area (Å²) >= 11 is 6.51. The molecule has 0 radical (unpaired) electrons. The van der Waals surface area contributed by atoms with E-state index in [1.54, 1.807) is 42.3 Å². The fraction of sp³-hybridized carbons (Fsp3) is 0.148. The van der Waals surface area contributed by atoms with Gasteiger partial charge in [-0.1, -0.05) is 72.3 Å². The van der Waals surface area contributed by atoms with Crippen molar-refractivity contribution in [2.45, 2.75) is 17.6 Å². The van der Waals surface area contributed by atoms with Gasteiger partial charge in [-0.25, -0.2) is 0 Å². The van der Waals surface area contributed by atoms with Crippen LogP contribution in [0.4, 0.5) is 11.4 Å². The lowest BCUT2D eigenvalue weighted by Gasteiger charge is -2.37. The van der Waals surface area contributed by atoms with E-state index in [0.717, 1.165) is 5.56 Å². The van der Waals surface area contributed by atoms with E-state index in [9.17, 15) is 14.9 Å². The van der Waals surface area contributed by atoms with Crippen LogP contribution in [-0.4, -0.2) is 18.9 Å². The zero-order chi connectivity index (χ0) is 24.5. The lowest BCUT2D eigenvalue weighted by molar-refractivity contribution is -0.148. The third kappa shape index (κ3) is 2.34. The van der Waals surface area contributed by atoms with Crippen molar-refractivity contribution in [3.8, 4) is 6.07 Å². The molecule has 8 heteroatoms. The number of likely N-dealkylation sites (N-methyl/N-ethyl adjacent to an activating group) is 1. The van der Waals surface area contributed by atoms with Gasteiger partial charge >= 0.3 is 0 Å². The molecule has 3 aliphatic rings. The number of ether oxygens (including phenoxy) is 1. The molecule has 2 amide bonds. The minimum atomic E-state index is -1.91. The van der Waals surface area contributed by atoms with Crippen molar-refractivity contribution in [2.24, 2.45) is 5.73 Å². The Kier molecular flexibility index (Phi) is 4.32. The third-order valence-electron chi connectivity index (χ3n) is 7.18. The molecule has 3 aliphatic heterocycles. The van der Waals surface area contributed by atoms with Crippen molar-refractivity contribution in [3.05, 3.63) is 106 Å². The Hall–Kier alpha value is -4.28. The number of benzene rings is 3. The number of carbonyl (C=O) groups is 2. The summed E-state index contributed by atoms with van der Waals surface area (Å²) in [7, 11) is 1.58. The monoisotopic (exact) mass is 482 g/mol. The lowest BCUT2D eigenvalue weighted by atomic mass is 9.62. The van der Waals surface area contributed by atoms with Crippen LogP contribution in [0.1, 0.15) is 16.7 Å². The highest BCUT2D eigenvalue weighted by molar-refractivity contribution is 6.35. The molecule has 2 spiro atoms. The van der Waals surface area contributed by atoms with Gasteiger partial charge in [0.1, 0.15) is 11.6 Å². The van der Waals surface area contributed by atoms with Crippen LogP contribution in [-0.2, 0) is 31.9 Å². The summed E-state index contributed by atoms with van der Waals surface area (Å²) in [5.41, 5.74) is 5.29. The van der Waals surface area contributed by atoms with Crippen LogP contribution in [0, 0.1) is 11.3 Å². The first-order valence-corrected chi connectivity index (χ1v) is 11.4. The van der Waals surface area contributed by atoms with Crippen LogP contribution in [0.2, 0.25) is 5.02 Å². The van der Waals surface area contributed by atoms with Gasteiger partial charge in [0.25, 0.3) is 5.91 Å². The normalized spacial score (nSPS) is 24.3. The van der Waals surface area contributed by atoms with E-state index in [2.05, 4.69) is 6.07 Å². The Morgan fingerprint density at radius 3 is 2.40 bits per heavy atom. The Morgan fingerprint density at radius 2 is 1.66 bits per heavy atom. The molecule has 3 heterocycles. The van der Waals surface area contributed by atoms with Gasteiger partial charge in [-0.2, -0.15) is 5.26 Å². The molecule has 3 aromatic rings. The first kappa shape index (κ1) is 21.3. The average Bonchev–Trinajstić information content (AvgIpc) is 3.37. The largest absolute Gasteiger partial charge is 0.455 e. The molecule has 0 aromatic heterocycles. The summed E-state index contributed by atoms with van der Waals surface area (Å²) in [6.45, 7) is 0.250. The molecule has 7 nitrogen and oxygen atoms in total. The van der Waals surface area contributed by atoms with Crippen LogP contribution in [0.3, 0.4) is 0 Å². The Labute approximate surface area is 206 Å². The maximum Gasteiger partial charge on any atom is 0.277 e. The number of carbonyl (C=O) groups excluding carboxylic acids is 2. The molecule has 35 heavy (non-hydrogen) atoms. The number of anilines is 2. The lowest BCUT2D eigenvalue weighted by Crippen LogP contribution is -2.58. The van der Waals surface area contributed by atoms with Gasteiger partial charge in [-0.05, 0) is 17.7 Å². The Morgan fingerprint density at radius 1 is 0.971 bits per heavy atom. The highest BCUT2D eigenvalue weighted by Gasteiger charge is 2.78. The van der Waals surface area contributed by atoms with Crippen LogP contribution in [0.15, 0.2) is 84.3 Å². The molecule has 0 saturated heterocycles. The molecule has 6 rings (SSSR count). The number of fused-ring (bicyclic) bond motifs is 5. The molecule has 3 aromatic carbocycles. The molecular formula is C27H19ClN4O3. The van der Waals surface area contributed by atoms with Crippen molar-refractivity contribution in [2.75, 3.05) is 16.8 Å². The zero-order valence-electron chi connectivity index (χ0n) is 18.7. The van der Waals surface area contributed by atoms with E-state index in [1.807, 2.05) is 42.5 Å². The van der Waals surface area contributed by atoms with Crippen molar-refractivity contribution in [1.82, 2.24) is 0 Å². The van der Waals surface area contributed by atoms with E-state index in [0.29, 0.717) is 27.5 Å². The Balaban J connectivity index is 1.69. The molecule has 172 valence electrons. The molecule has 0 bridgehead atoms. The van der Waals surface area contributed by atoms with E-state index in [4.69, 9.17) is 22.1 Å². The number of rotatable bonds is 2. The molecule has 0 unspecified atom stereocenters. The van der Waals surface area contributed by atoms with Gasteiger partial charge in [0, 0.05) is 23.9 Å². The molecule has 2 atom stereocenters. The van der Waals surface area contributed by atoms with Gasteiger partial charge in [0.05, 0.1) is 17.3 Å². The number of para-hydroxylation sites is 2. The summed E-state index contributed by atoms with van der Waals surface area (Å²) in [6.07, 6.45) is 0. The van der Waals surface area contributed by atoms with Gasteiger partial charge in [-0.15, -0.1) is 0 Å². The smallest absolute Gasteiger partial charge is 0.277 e. The van der Waals surface area contributed by atoms with Gasteiger partial charge < -0.3 is 20.3 Å². The second-order valence-corrected chi connectivity index (χ2v) is 9.19. The predicted octanol–water partition coefficient (Wildman–Crippen LogP) is 3.72. The third-order valence-corrected chi connectivity index (χ3v) is 7.48. The number of hydrogen-bond acceptors (Lipinski definition) is 5. The summed E-state index contributed by atoms with van der Waals surface area (Å²) < 4.78 is 6.18. The van der Waals surface area contributed by atoms with Gasteiger partial charge in [-0.3, -0.25) is 9.59 Å². The molecule has 2 N–H and O–H groups in total. The van der Waals surface area contributed by atoms with Gasteiger partial charge in [0.2, 0.25) is 17.4 Å². The number of nitrogens with two attached hydrogens (primary N) is 1. The minimum Gasteiger partial charge on any atom is -0.455 e. The fourth-order valence-corrected chi connectivity index (χ4v) is 6.11. The number of nitrogens with zero attached hydrogens (tertiary/aromatic N) is 3. The number of halogens is 1. The highest BCUT2D eigenvalue weighted by atomic mass is 35.5. The van der Waals surface area contributed by atoms with Crippen LogP contribution in [0.5, 0.6) is 0 Å². The van der Waals surface area contributed by atoms with Crippen molar-refractivity contribution in [3.63, 3.8) is 0 Å². The van der Waals surface area contributed by atoms with E-state index >= 15 is 0 Å². The Bertz CT molecular complexity index is 1510. The zero-order valence-corrected chi connectivity index (χ0v) is 19.4. The first-order valence-electron chi connectivity index (χ1n) is 11.0. The van der Waals surface area contributed by atoms with Crippen molar-refractivity contribution >= 4 is 34.8 Å². The number of amides is 2. The SMILES string of the molecule is CN1C(=O)[C@@]2(OC(N)=C(C#N)[C@@]23C(=O)N(Cc2ccccc2)c2ccccc23)c2cccc(Cl)c21. The maximum absolute atomic E-state index is 14.6. The first-order chi connectivity index (χ1) is 16.9. The highest BCUT2D eigenvalue weighted by Crippen LogP contribution is 2.65. The average molecular weight is 483 g/mol. The van der Waals surface area contributed by atoms with Gasteiger partial charge in [0.15, 0.2) is 5.41 Å². The fourth-order valence-electron chi connectivity index (χ4n) is 5.80. The van der Waals surface area contributed by atoms with Crippen LogP contribution >= 0.6 is 11.6 Å². The predicted molar refractivity (Wildman–Crippen MR) is 130 cm³/mol. The van der Waals surface area contributed by atoms with E-state index in [1.165, 1.54) is 4.90 Å². The minimum absolute atomic E-state index is 0.0833. The molecule has 0 aliphatic carbocycles. The molecule has 0 fully saturated rings. The molecular weight excluding hydrogens is 464 g/mol. The maximum atomic E-state index is 14.6. The number of nitriles is 1. The van der Waals surface area contributed by atoms with Crippen molar-refractivity contribution < 1.29 is 14.3 Å². The quantitative estimate of drug-likeness (QED) is 0.600. The second kappa shape index (κ2) is 7.11. The van der Waals surface area contributed by atoms with E-state index in [-0.39, 0.29) is 18.0 Å². The van der Waals surface area contributed by atoms with Crippen LogP contribution < -0.4 is 15.5 Å². The summed E-state index contributed by atoms with van der Waals surface area (Å²) in [5.74, 6) is -1.21. The molecule has 0 saturated carbocycles. The topological polar surface area (TPSA) is 99.7 Å².